The Balaban J connectivity index is 2.03. The van der Waals surface area contributed by atoms with Gasteiger partial charge in [-0.3, -0.25) is 0 Å². The zero-order valence-electron chi connectivity index (χ0n) is 9.22. The van der Waals surface area contributed by atoms with Crippen LogP contribution in [-0.4, -0.2) is 0 Å². The molecular formula is C15H11S2. The molecule has 0 fully saturated rings. The summed E-state index contributed by atoms with van der Waals surface area (Å²) >= 11 is 3.60. The molecule has 0 atom stereocenters. The Kier molecular flexibility index (Phi) is 2.91. The fraction of sp³-hybridized carbons (Fsp3) is 0. The number of hydrogen-bond donors (Lipinski definition) is 0. The summed E-state index contributed by atoms with van der Waals surface area (Å²) in [7, 11) is 0. The number of benzene rings is 2. The summed E-state index contributed by atoms with van der Waals surface area (Å²) in [6.45, 7) is 4.06. The van der Waals surface area contributed by atoms with Crippen LogP contribution in [-0.2, 0) is 0 Å². The van der Waals surface area contributed by atoms with Crippen molar-refractivity contribution in [1.29, 1.82) is 0 Å². The lowest BCUT2D eigenvalue weighted by molar-refractivity contribution is 1.38. The molecule has 0 aliphatic heterocycles. The van der Waals surface area contributed by atoms with Gasteiger partial charge in [-0.2, -0.15) is 0 Å². The molecule has 0 saturated heterocycles. The highest BCUT2D eigenvalue weighted by Gasteiger charge is 2.06. The van der Waals surface area contributed by atoms with E-state index in [9.17, 15) is 0 Å². The standard InChI is InChI=1S/C15H11S2/c1-11-6-2-4-8-13(11)17-15-10-16-14-9-5-3-7-12(14)15/h2-10H,1H2. The van der Waals surface area contributed by atoms with Crippen LogP contribution in [0.4, 0.5) is 0 Å². The molecule has 2 heteroatoms. The minimum absolute atomic E-state index is 1.09. The fourth-order valence-electron chi connectivity index (χ4n) is 1.75. The van der Waals surface area contributed by atoms with Gasteiger partial charge in [-0.1, -0.05) is 48.2 Å². The highest BCUT2D eigenvalue weighted by molar-refractivity contribution is 7.99. The second-order valence-corrected chi connectivity index (χ2v) is 5.80. The summed E-state index contributed by atoms with van der Waals surface area (Å²) < 4.78 is 1.34. The highest BCUT2D eigenvalue weighted by Crippen LogP contribution is 2.38. The Labute approximate surface area is 109 Å². The van der Waals surface area contributed by atoms with Gasteiger partial charge in [-0.25, -0.2) is 0 Å². The third-order valence-electron chi connectivity index (χ3n) is 2.64. The van der Waals surface area contributed by atoms with Crippen LogP contribution < -0.4 is 0 Å². The third-order valence-corrected chi connectivity index (χ3v) is 4.93. The summed E-state index contributed by atoms with van der Waals surface area (Å²) in [6.07, 6.45) is 0. The SMILES string of the molecule is [CH2]c1ccccc1Sc1csc2ccccc12. The quantitative estimate of drug-likeness (QED) is 0.604. The average Bonchev–Trinajstić information content (AvgIpc) is 2.76. The molecule has 3 aromatic rings. The van der Waals surface area contributed by atoms with Gasteiger partial charge in [0.05, 0.1) is 0 Å². The van der Waals surface area contributed by atoms with Crippen LogP contribution in [0.3, 0.4) is 0 Å². The van der Waals surface area contributed by atoms with Crippen LogP contribution in [0.5, 0.6) is 0 Å². The number of fused-ring (bicyclic) bond motifs is 1. The van der Waals surface area contributed by atoms with Crippen molar-refractivity contribution >= 4 is 33.2 Å². The molecule has 0 bridgehead atoms. The van der Waals surface area contributed by atoms with Crippen LogP contribution in [0.25, 0.3) is 10.1 Å². The monoisotopic (exact) mass is 255 g/mol. The molecular weight excluding hydrogens is 244 g/mol. The minimum atomic E-state index is 1.09. The first kappa shape index (κ1) is 10.9. The average molecular weight is 255 g/mol. The molecule has 0 unspecified atom stereocenters. The van der Waals surface area contributed by atoms with E-state index in [1.165, 1.54) is 19.9 Å². The van der Waals surface area contributed by atoms with E-state index in [0.29, 0.717) is 0 Å². The summed E-state index contributed by atoms with van der Waals surface area (Å²) in [4.78, 5) is 2.55. The van der Waals surface area contributed by atoms with Gasteiger partial charge in [0.25, 0.3) is 0 Å². The molecule has 1 aromatic heterocycles. The lowest BCUT2D eigenvalue weighted by Gasteiger charge is -2.03. The van der Waals surface area contributed by atoms with E-state index in [0.717, 1.165) is 5.56 Å². The van der Waals surface area contributed by atoms with Gasteiger partial charge in [0, 0.05) is 25.3 Å². The Morgan fingerprint density at radius 1 is 0.882 bits per heavy atom. The van der Waals surface area contributed by atoms with Crippen molar-refractivity contribution < 1.29 is 0 Å². The number of thiophene rings is 1. The van der Waals surface area contributed by atoms with Crippen molar-refractivity contribution in [3.63, 3.8) is 0 Å². The van der Waals surface area contributed by atoms with Crippen molar-refractivity contribution in [2.45, 2.75) is 9.79 Å². The molecule has 0 amide bonds. The van der Waals surface area contributed by atoms with E-state index in [2.05, 4.69) is 54.8 Å². The molecule has 83 valence electrons. The number of rotatable bonds is 2. The van der Waals surface area contributed by atoms with Crippen LogP contribution in [0.2, 0.25) is 0 Å². The van der Waals surface area contributed by atoms with Crippen molar-refractivity contribution in [1.82, 2.24) is 0 Å². The normalized spacial score (nSPS) is 10.9. The summed E-state index contributed by atoms with van der Waals surface area (Å²) in [5.74, 6) is 0. The maximum absolute atomic E-state index is 4.06. The second-order valence-electron chi connectivity index (χ2n) is 3.81. The molecule has 1 radical (unpaired) electrons. The third kappa shape index (κ3) is 2.11. The lowest BCUT2D eigenvalue weighted by atomic mass is 10.2. The van der Waals surface area contributed by atoms with E-state index in [4.69, 9.17) is 0 Å². The van der Waals surface area contributed by atoms with Gasteiger partial charge < -0.3 is 0 Å². The molecule has 1 heterocycles. The Morgan fingerprint density at radius 2 is 1.65 bits per heavy atom. The molecule has 0 aliphatic rings. The van der Waals surface area contributed by atoms with E-state index < -0.39 is 0 Å². The molecule has 0 N–H and O–H groups in total. The fourth-order valence-corrected chi connectivity index (χ4v) is 3.85. The van der Waals surface area contributed by atoms with Gasteiger partial charge in [0.1, 0.15) is 0 Å². The molecule has 0 nitrogen and oxygen atoms in total. The molecule has 0 aliphatic carbocycles. The lowest BCUT2D eigenvalue weighted by Crippen LogP contribution is -1.77. The molecule has 17 heavy (non-hydrogen) atoms. The molecule has 0 spiro atoms. The van der Waals surface area contributed by atoms with Crippen molar-refractivity contribution in [3.05, 3.63) is 66.4 Å². The Morgan fingerprint density at radius 3 is 2.53 bits per heavy atom. The van der Waals surface area contributed by atoms with Crippen LogP contribution in [0, 0.1) is 6.92 Å². The van der Waals surface area contributed by atoms with Gasteiger partial charge in [-0.15, -0.1) is 11.3 Å². The summed E-state index contributed by atoms with van der Waals surface area (Å²) in [5, 5.41) is 3.56. The maximum atomic E-state index is 4.06. The second kappa shape index (κ2) is 4.55. The Hall–Kier alpha value is -1.25. The van der Waals surface area contributed by atoms with Gasteiger partial charge in [0.15, 0.2) is 0 Å². The van der Waals surface area contributed by atoms with E-state index in [1.54, 1.807) is 23.1 Å². The van der Waals surface area contributed by atoms with Crippen LogP contribution in [0.1, 0.15) is 5.56 Å². The molecule has 2 aromatic carbocycles. The largest absolute Gasteiger partial charge is 0.143 e. The summed E-state index contributed by atoms with van der Waals surface area (Å²) in [6, 6.07) is 16.8. The zero-order chi connectivity index (χ0) is 11.7. The zero-order valence-corrected chi connectivity index (χ0v) is 10.9. The predicted molar refractivity (Wildman–Crippen MR) is 76.8 cm³/mol. The Bertz CT molecular complexity index is 653. The van der Waals surface area contributed by atoms with Crippen molar-refractivity contribution in [2.75, 3.05) is 0 Å². The summed E-state index contributed by atoms with van der Waals surface area (Å²) in [5.41, 5.74) is 1.09. The van der Waals surface area contributed by atoms with E-state index >= 15 is 0 Å². The minimum Gasteiger partial charge on any atom is -0.143 e. The van der Waals surface area contributed by atoms with Crippen molar-refractivity contribution in [3.8, 4) is 0 Å². The van der Waals surface area contributed by atoms with E-state index in [-0.39, 0.29) is 0 Å². The van der Waals surface area contributed by atoms with Gasteiger partial charge in [0.2, 0.25) is 0 Å². The number of hydrogen-bond acceptors (Lipinski definition) is 2. The predicted octanol–water partition coefficient (Wildman–Crippen LogP) is 5.23. The molecule has 3 rings (SSSR count). The van der Waals surface area contributed by atoms with Gasteiger partial charge >= 0.3 is 0 Å². The van der Waals surface area contributed by atoms with Gasteiger partial charge in [-0.05, 0) is 24.6 Å². The first-order valence-electron chi connectivity index (χ1n) is 5.40. The first-order valence-corrected chi connectivity index (χ1v) is 7.09. The first-order chi connectivity index (χ1) is 8.34. The van der Waals surface area contributed by atoms with Crippen LogP contribution in [0.15, 0.2) is 63.7 Å². The smallest absolute Gasteiger partial charge is 0.0354 e. The molecule has 0 saturated carbocycles. The topological polar surface area (TPSA) is 0 Å². The maximum Gasteiger partial charge on any atom is 0.0354 e. The van der Waals surface area contributed by atoms with E-state index in [1.807, 2.05) is 6.07 Å². The van der Waals surface area contributed by atoms with Crippen molar-refractivity contribution in [2.24, 2.45) is 0 Å². The van der Waals surface area contributed by atoms with Crippen LogP contribution >= 0.6 is 23.1 Å². The highest BCUT2D eigenvalue weighted by atomic mass is 32.2.